The van der Waals surface area contributed by atoms with Gasteiger partial charge in [0.25, 0.3) is 0 Å². The molecular weight excluding hydrogens is 328 g/mol. The van der Waals surface area contributed by atoms with Crippen LogP contribution in [0.5, 0.6) is 5.75 Å². The maximum Gasteiger partial charge on any atom is 0.153 e. The zero-order chi connectivity index (χ0) is 19.9. The molecule has 0 N–H and O–H groups in total. The van der Waals surface area contributed by atoms with E-state index in [9.17, 15) is 4.91 Å². The maximum atomic E-state index is 10.4. The lowest BCUT2D eigenvalue weighted by molar-refractivity contribution is 0.282. The van der Waals surface area contributed by atoms with Gasteiger partial charge < -0.3 is 14.5 Å². The van der Waals surface area contributed by atoms with Crippen molar-refractivity contribution in [1.29, 1.82) is 0 Å². The van der Waals surface area contributed by atoms with Gasteiger partial charge in [0.1, 0.15) is 5.75 Å². The summed E-state index contributed by atoms with van der Waals surface area (Å²) >= 11 is 0. The van der Waals surface area contributed by atoms with Crippen LogP contribution in [0.3, 0.4) is 0 Å². The molecule has 1 aromatic rings. The molecule has 5 nitrogen and oxygen atoms in total. The van der Waals surface area contributed by atoms with Crippen LogP contribution in [0.1, 0.15) is 44.2 Å². The minimum atomic E-state index is 0.400. The van der Waals surface area contributed by atoms with E-state index in [1.165, 1.54) is 12.7 Å². The second-order valence-corrected chi connectivity index (χ2v) is 5.83. The summed E-state index contributed by atoms with van der Waals surface area (Å²) in [6.07, 6.45) is 9.30. The Hall–Kier alpha value is -2.43. The third kappa shape index (κ3) is 8.60. The molecule has 144 valence electrons. The Morgan fingerprint density at radius 2 is 1.77 bits per heavy atom. The maximum absolute atomic E-state index is 10.4. The van der Waals surface area contributed by atoms with Crippen molar-refractivity contribution in [2.24, 2.45) is 10.2 Å². The fourth-order valence-corrected chi connectivity index (χ4v) is 2.12. The monoisotopic (exact) mass is 360 g/mol. The first-order valence-corrected chi connectivity index (χ1v) is 8.71. The van der Waals surface area contributed by atoms with Crippen molar-refractivity contribution in [2.45, 2.75) is 47.0 Å². The number of aliphatic imine (C=N–C) groups is 1. The summed E-state index contributed by atoms with van der Waals surface area (Å²) in [5.41, 5.74) is 3.77. The van der Waals surface area contributed by atoms with Crippen LogP contribution < -0.4 is 4.74 Å². The van der Waals surface area contributed by atoms with Crippen LogP contribution >= 0.6 is 0 Å². The second kappa shape index (κ2) is 13.8. The van der Waals surface area contributed by atoms with Gasteiger partial charge in [-0.1, -0.05) is 24.6 Å². The third-order valence-corrected chi connectivity index (χ3v) is 3.91. The highest BCUT2D eigenvalue weighted by molar-refractivity contribution is 5.59. The van der Waals surface area contributed by atoms with Gasteiger partial charge in [0.15, 0.2) is 5.69 Å². The van der Waals surface area contributed by atoms with Crippen molar-refractivity contribution in [3.05, 3.63) is 51.7 Å². The summed E-state index contributed by atoms with van der Waals surface area (Å²) in [5, 5.41) is 2.93. The number of hydrogen-bond acceptors (Lipinski definition) is 5. The molecule has 0 fully saturated rings. The summed E-state index contributed by atoms with van der Waals surface area (Å²) < 4.78 is 10.0. The Kier molecular flexibility index (Phi) is 12.5. The SMILES string of the molecule is CCC=NC.COC1=CCC(C)=CC1.COc1ccc(C)c(C)c1N=O. The highest BCUT2D eigenvalue weighted by atomic mass is 16.5. The van der Waals surface area contributed by atoms with E-state index in [0.29, 0.717) is 11.4 Å². The summed E-state index contributed by atoms with van der Waals surface area (Å²) in [6.45, 7) is 7.99. The Morgan fingerprint density at radius 3 is 2.15 bits per heavy atom. The smallest absolute Gasteiger partial charge is 0.153 e. The number of methoxy groups -OCH3 is 2. The molecule has 1 aromatic carbocycles. The molecule has 1 aliphatic carbocycles. The molecule has 0 unspecified atom stereocenters. The van der Waals surface area contributed by atoms with Crippen molar-refractivity contribution in [3.63, 3.8) is 0 Å². The van der Waals surface area contributed by atoms with Crippen LogP contribution in [0, 0.1) is 18.8 Å². The molecule has 0 amide bonds. The van der Waals surface area contributed by atoms with Crippen LogP contribution in [-0.2, 0) is 4.74 Å². The Balaban J connectivity index is 0.000000394. The molecule has 0 atom stereocenters. The number of ether oxygens (including phenoxy) is 2. The van der Waals surface area contributed by atoms with Crippen molar-refractivity contribution < 1.29 is 9.47 Å². The van der Waals surface area contributed by atoms with Crippen LogP contribution in [-0.4, -0.2) is 27.5 Å². The Morgan fingerprint density at radius 1 is 1.08 bits per heavy atom. The number of allylic oxidation sites excluding steroid dienone is 3. The Labute approximate surface area is 157 Å². The fraction of sp³-hybridized carbons (Fsp3) is 0.476. The van der Waals surface area contributed by atoms with E-state index in [0.717, 1.165) is 36.1 Å². The van der Waals surface area contributed by atoms with Crippen molar-refractivity contribution >= 4 is 11.9 Å². The molecule has 0 aromatic heterocycles. The first-order valence-electron chi connectivity index (χ1n) is 8.71. The van der Waals surface area contributed by atoms with Crippen LogP contribution in [0.2, 0.25) is 0 Å². The predicted molar refractivity (Wildman–Crippen MR) is 111 cm³/mol. The van der Waals surface area contributed by atoms with E-state index in [1.807, 2.05) is 26.1 Å². The first kappa shape index (κ1) is 23.6. The number of rotatable bonds is 4. The minimum absolute atomic E-state index is 0.400. The molecule has 26 heavy (non-hydrogen) atoms. The molecule has 2 rings (SSSR count). The van der Waals surface area contributed by atoms with Gasteiger partial charge in [-0.3, -0.25) is 0 Å². The topological polar surface area (TPSA) is 60.2 Å². The van der Waals surface area contributed by atoms with Gasteiger partial charge in [0, 0.05) is 13.5 Å². The van der Waals surface area contributed by atoms with E-state index >= 15 is 0 Å². The average molecular weight is 360 g/mol. The normalized spacial score (nSPS) is 12.7. The van der Waals surface area contributed by atoms with E-state index in [-0.39, 0.29) is 0 Å². The van der Waals surface area contributed by atoms with E-state index in [4.69, 9.17) is 9.47 Å². The quantitative estimate of drug-likeness (QED) is 0.372. The molecule has 0 saturated carbocycles. The average Bonchev–Trinajstić information content (AvgIpc) is 2.66. The summed E-state index contributed by atoms with van der Waals surface area (Å²) in [5.74, 6) is 1.63. The van der Waals surface area contributed by atoms with Crippen molar-refractivity contribution in [3.8, 4) is 5.75 Å². The van der Waals surface area contributed by atoms with Crippen LogP contribution in [0.4, 0.5) is 5.69 Å². The standard InChI is InChI=1S/C9H11NO2.C8H12O.C4H9N/c1-6-4-5-8(12-3)9(10-11)7(6)2;1-7-3-5-8(9-2)6-4-7;1-3-4-5-2/h4-5H,1-3H3;3,6H,4-5H2,1-2H3;4H,3H2,1-2H3. The number of nitroso groups, excluding NO2 is 1. The molecule has 1 aliphatic rings. The van der Waals surface area contributed by atoms with E-state index in [1.54, 1.807) is 20.2 Å². The molecule has 0 saturated heterocycles. The number of benzene rings is 1. The van der Waals surface area contributed by atoms with Gasteiger partial charge in [-0.25, -0.2) is 0 Å². The molecule has 0 radical (unpaired) electrons. The van der Waals surface area contributed by atoms with E-state index in [2.05, 4.69) is 36.2 Å². The molecule has 0 heterocycles. The molecule has 0 aliphatic heterocycles. The lowest BCUT2D eigenvalue weighted by atomic mass is 10.1. The second-order valence-electron chi connectivity index (χ2n) is 5.83. The lowest BCUT2D eigenvalue weighted by Crippen LogP contribution is -1.91. The number of aryl methyl sites for hydroxylation is 1. The van der Waals surface area contributed by atoms with Gasteiger partial charge in [0.2, 0.25) is 0 Å². The van der Waals surface area contributed by atoms with E-state index < -0.39 is 0 Å². The Bertz CT molecular complexity index is 647. The highest BCUT2D eigenvalue weighted by Gasteiger charge is 2.07. The van der Waals surface area contributed by atoms with Gasteiger partial charge >= 0.3 is 0 Å². The summed E-state index contributed by atoms with van der Waals surface area (Å²) in [7, 11) is 5.03. The minimum Gasteiger partial charge on any atom is -0.501 e. The molecule has 0 spiro atoms. The zero-order valence-electron chi connectivity index (χ0n) is 17.1. The van der Waals surface area contributed by atoms with Crippen molar-refractivity contribution in [1.82, 2.24) is 0 Å². The van der Waals surface area contributed by atoms with Crippen LogP contribution in [0.15, 0.2) is 45.8 Å². The summed E-state index contributed by atoms with van der Waals surface area (Å²) in [4.78, 5) is 14.2. The van der Waals surface area contributed by atoms with Gasteiger partial charge in [-0.15, -0.1) is 4.91 Å². The molecule has 5 heteroatoms. The fourth-order valence-electron chi connectivity index (χ4n) is 2.12. The zero-order valence-corrected chi connectivity index (χ0v) is 17.1. The first-order chi connectivity index (χ1) is 12.4. The van der Waals surface area contributed by atoms with Gasteiger partial charge in [-0.05, 0) is 68.3 Å². The number of hydrogen-bond donors (Lipinski definition) is 0. The highest BCUT2D eigenvalue weighted by Crippen LogP contribution is 2.32. The predicted octanol–water partition coefficient (Wildman–Crippen LogP) is 6.06. The summed E-state index contributed by atoms with van der Waals surface area (Å²) in [6, 6.07) is 3.65. The lowest BCUT2D eigenvalue weighted by Gasteiger charge is -2.08. The molecular formula is C21H32N2O3. The number of nitrogens with zero attached hydrogens (tertiary/aromatic N) is 2. The van der Waals surface area contributed by atoms with Gasteiger partial charge in [0.05, 0.1) is 20.0 Å². The van der Waals surface area contributed by atoms with Crippen molar-refractivity contribution in [2.75, 3.05) is 21.3 Å². The van der Waals surface area contributed by atoms with Gasteiger partial charge in [-0.2, -0.15) is 0 Å². The largest absolute Gasteiger partial charge is 0.501 e. The third-order valence-electron chi connectivity index (χ3n) is 3.91. The van der Waals surface area contributed by atoms with Crippen LogP contribution in [0.25, 0.3) is 0 Å². The molecule has 0 bridgehead atoms.